The normalized spacial score (nSPS) is 14.3. The summed E-state index contributed by atoms with van der Waals surface area (Å²) in [5, 5.41) is 0. The van der Waals surface area contributed by atoms with Gasteiger partial charge in [-0.3, -0.25) is 0 Å². The van der Waals surface area contributed by atoms with Crippen molar-refractivity contribution in [1.29, 1.82) is 0 Å². The van der Waals surface area contributed by atoms with Gasteiger partial charge >= 0.3 is 161 Å². The van der Waals surface area contributed by atoms with Crippen LogP contribution in [0.25, 0.3) is 0 Å². The van der Waals surface area contributed by atoms with E-state index in [1.807, 2.05) is 6.92 Å². The first kappa shape index (κ1) is 22.7. The van der Waals surface area contributed by atoms with Gasteiger partial charge in [-0.1, -0.05) is 0 Å². The average molecular weight is 451 g/mol. The number of hydrogen-bond donors (Lipinski definition) is 0. The van der Waals surface area contributed by atoms with E-state index in [0.717, 1.165) is 0 Å². The van der Waals surface area contributed by atoms with E-state index in [4.69, 9.17) is 0 Å². The second kappa shape index (κ2) is 12.1. The van der Waals surface area contributed by atoms with Gasteiger partial charge in [-0.2, -0.15) is 0 Å². The topological polar surface area (TPSA) is 17.1 Å². The van der Waals surface area contributed by atoms with Crippen LogP contribution < -0.4 is 0 Å². The van der Waals surface area contributed by atoms with Crippen molar-refractivity contribution in [3.63, 3.8) is 0 Å². The van der Waals surface area contributed by atoms with E-state index >= 15 is 0 Å². The maximum atomic E-state index is 12.5. The first-order valence-corrected chi connectivity index (χ1v) is 18.3. The number of carbonyl (C=O) groups is 1. The first-order valence-electron chi connectivity index (χ1n) is 10.6. The van der Waals surface area contributed by atoms with Gasteiger partial charge in [0, 0.05) is 0 Å². The summed E-state index contributed by atoms with van der Waals surface area (Å²) in [6.07, 6.45) is 7.93. The Morgan fingerprint density at radius 3 is 1.68 bits per heavy atom. The van der Waals surface area contributed by atoms with Crippen molar-refractivity contribution in [2.24, 2.45) is 5.92 Å². The second-order valence-corrected chi connectivity index (χ2v) is 21.8. The van der Waals surface area contributed by atoms with E-state index in [1.54, 1.807) is 0 Å². The van der Waals surface area contributed by atoms with Crippen LogP contribution in [0.3, 0.4) is 0 Å². The van der Waals surface area contributed by atoms with Gasteiger partial charge in [0.1, 0.15) is 0 Å². The minimum absolute atomic E-state index is 0.184. The SMILES string of the molecule is CCC[CH2][Sn]([CH2]CCC)([CH2]CCC)[C@@H](c1ccccc1)[C@H](C)C(C)=O. The van der Waals surface area contributed by atoms with Crippen molar-refractivity contribution in [2.75, 3.05) is 0 Å². The molecular formula is C23H40OSn. The van der Waals surface area contributed by atoms with E-state index in [1.165, 1.54) is 57.4 Å². The molecule has 0 aromatic heterocycles. The molecule has 0 bridgehead atoms. The third-order valence-corrected chi connectivity index (χ3v) is 23.7. The zero-order valence-corrected chi connectivity index (χ0v) is 20.2. The Morgan fingerprint density at radius 2 is 1.32 bits per heavy atom. The molecule has 0 saturated heterocycles. The van der Waals surface area contributed by atoms with Crippen LogP contribution in [0, 0.1) is 5.92 Å². The molecule has 0 aliphatic carbocycles. The molecule has 1 rings (SSSR count). The number of carbonyl (C=O) groups excluding carboxylic acids is 1. The standard InChI is InChI=1S/C11H13O.3C4H9.Sn/c1-9(10(2)12)8-11-6-4-3-5-7-11;3*1-3-4-2;/h3-9H,1-2H3;3*1,3-4H2,2H3;/t9-;;;;/m0..../s1. The van der Waals surface area contributed by atoms with E-state index in [2.05, 4.69) is 58.0 Å². The van der Waals surface area contributed by atoms with E-state index in [-0.39, 0.29) is 5.92 Å². The van der Waals surface area contributed by atoms with Gasteiger partial charge in [0.15, 0.2) is 0 Å². The molecule has 0 amide bonds. The number of hydrogen-bond acceptors (Lipinski definition) is 1. The molecule has 1 nitrogen and oxygen atoms in total. The third kappa shape index (κ3) is 6.73. The van der Waals surface area contributed by atoms with E-state index in [0.29, 0.717) is 9.72 Å². The summed E-state index contributed by atoms with van der Waals surface area (Å²) in [6.45, 7) is 11.0. The summed E-state index contributed by atoms with van der Waals surface area (Å²) < 4.78 is 4.94. The molecule has 2 atom stereocenters. The monoisotopic (exact) mass is 452 g/mol. The molecule has 1 aromatic carbocycles. The van der Waals surface area contributed by atoms with Gasteiger partial charge in [0.25, 0.3) is 0 Å². The zero-order valence-electron chi connectivity index (χ0n) is 17.3. The van der Waals surface area contributed by atoms with Gasteiger partial charge in [0.2, 0.25) is 0 Å². The van der Waals surface area contributed by atoms with Crippen molar-refractivity contribution in [3.8, 4) is 0 Å². The molecule has 2 heteroatoms. The molecular weight excluding hydrogens is 411 g/mol. The van der Waals surface area contributed by atoms with Gasteiger partial charge in [-0.25, -0.2) is 0 Å². The van der Waals surface area contributed by atoms with Crippen molar-refractivity contribution in [1.82, 2.24) is 0 Å². The van der Waals surface area contributed by atoms with Crippen molar-refractivity contribution in [3.05, 3.63) is 35.9 Å². The van der Waals surface area contributed by atoms with Gasteiger partial charge in [-0.15, -0.1) is 0 Å². The molecule has 0 heterocycles. The Morgan fingerprint density at radius 1 is 0.880 bits per heavy atom. The fourth-order valence-corrected chi connectivity index (χ4v) is 24.6. The van der Waals surface area contributed by atoms with Crippen LogP contribution in [0.1, 0.15) is 82.6 Å². The summed E-state index contributed by atoms with van der Waals surface area (Å²) >= 11 is -2.51. The summed E-state index contributed by atoms with van der Waals surface area (Å²) in [6, 6.07) is 11.1. The molecule has 0 aliphatic heterocycles. The Bertz CT molecular complexity index is 460. The van der Waals surface area contributed by atoms with Crippen LogP contribution in [-0.2, 0) is 4.79 Å². The number of unbranched alkanes of at least 4 members (excludes halogenated alkanes) is 3. The number of ketones is 1. The summed E-state index contributed by atoms with van der Waals surface area (Å²) in [7, 11) is 0. The summed E-state index contributed by atoms with van der Waals surface area (Å²) in [5.41, 5.74) is 1.46. The van der Waals surface area contributed by atoms with Crippen molar-refractivity contribution in [2.45, 2.75) is 90.4 Å². The van der Waals surface area contributed by atoms with Crippen molar-refractivity contribution >= 4 is 24.2 Å². The fraction of sp³-hybridized carbons (Fsp3) is 0.696. The molecule has 1 aromatic rings. The first-order chi connectivity index (χ1) is 12.0. The molecule has 0 fully saturated rings. The zero-order chi connectivity index (χ0) is 18.7. The van der Waals surface area contributed by atoms with Crippen LogP contribution in [0.15, 0.2) is 30.3 Å². The summed E-state index contributed by atoms with van der Waals surface area (Å²) in [5.74, 6) is 0.572. The van der Waals surface area contributed by atoms with Crippen LogP contribution >= 0.6 is 0 Å². The Labute approximate surface area is 160 Å². The second-order valence-electron chi connectivity index (χ2n) is 7.96. The molecule has 0 unspecified atom stereocenters. The van der Waals surface area contributed by atoms with Gasteiger partial charge in [-0.05, 0) is 0 Å². The predicted molar refractivity (Wildman–Crippen MR) is 114 cm³/mol. The molecule has 0 saturated carbocycles. The van der Waals surface area contributed by atoms with Crippen LogP contribution in [0.4, 0.5) is 0 Å². The number of Topliss-reactive ketones (excluding diaryl/α,β-unsaturated/α-hetero) is 1. The molecule has 0 N–H and O–H groups in total. The summed E-state index contributed by atoms with van der Waals surface area (Å²) in [4.78, 5) is 12.5. The van der Waals surface area contributed by atoms with Crippen LogP contribution in [-0.4, -0.2) is 24.2 Å². The number of benzene rings is 1. The van der Waals surface area contributed by atoms with E-state index in [9.17, 15) is 4.79 Å². The van der Waals surface area contributed by atoms with Crippen LogP contribution in [0.5, 0.6) is 0 Å². The molecule has 25 heavy (non-hydrogen) atoms. The Balaban J connectivity index is 3.38. The third-order valence-electron chi connectivity index (χ3n) is 6.04. The quantitative estimate of drug-likeness (QED) is 0.286. The molecule has 0 radical (unpaired) electrons. The molecule has 142 valence electrons. The van der Waals surface area contributed by atoms with E-state index < -0.39 is 18.4 Å². The molecule has 0 aliphatic rings. The minimum atomic E-state index is -2.51. The fourth-order valence-electron chi connectivity index (χ4n) is 4.50. The van der Waals surface area contributed by atoms with Crippen molar-refractivity contribution < 1.29 is 4.79 Å². The average Bonchev–Trinajstić information content (AvgIpc) is 2.63. The van der Waals surface area contributed by atoms with Gasteiger partial charge in [0.05, 0.1) is 0 Å². The molecule has 0 spiro atoms. The Hall–Kier alpha value is -0.311. The maximum absolute atomic E-state index is 12.5. The predicted octanol–water partition coefficient (Wildman–Crippen LogP) is 7.38. The Kier molecular flexibility index (Phi) is 11.0. The number of rotatable bonds is 13. The van der Waals surface area contributed by atoms with Crippen LogP contribution in [0.2, 0.25) is 13.3 Å². The van der Waals surface area contributed by atoms with Gasteiger partial charge < -0.3 is 0 Å².